The maximum Gasteiger partial charge on any atom is 0.319 e. The highest BCUT2D eigenvalue weighted by Crippen LogP contribution is 2.28. The van der Waals surface area contributed by atoms with Crippen molar-refractivity contribution in [2.75, 3.05) is 18.5 Å². The quantitative estimate of drug-likeness (QED) is 0.652. The minimum absolute atomic E-state index is 0.153. The number of carbonyl (C=O) groups excluding carboxylic acids is 1. The van der Waals surface area contributed by atoms with E-state index in [4.69, 9.17) is 4.74 Å². The number of phenols is 2. The van der Waals surface area contributed by atoms with Crippen molar-refractivity contribution < 1.29 is 19.7 Å². The van der Waals surface area contributed by atoms with Gasteiger partial charge >= 0.3 is 6.03 Å². The molecule has 0 aliphatic carbocycles. The molecule has 0 fully saturated rings. The van der Waals surface area contributed by atoms with E-state index < -0.39 is 0 Å². The zero-order chi connectivity index (χ0) is 16.2. The van der Waals surface area contributed by atoms with Crippen LogP contribution < -0.4 is 15.4 Å². The average Bonchev–Trinajstić information content (AvgIpc) is 2.98. The van der Waals surface area contributed by atoms with Crippen LogP contribution in [0.25, 0.3) is 0 Å². The number of nitrogens with one attached hydrogen (secondary N) is 2. The van der Waals surface area contributed by atoms with E-state index in [1.165, 1.54) is 12.1 Å². The van der Waals surface area contributed by atoms with Crippen molar-refractivity contribution >= 4 is 11.7 Å². The van der Waals surface area contributed by atoms with Gasteiger partial charge in [-0.25, -0.2) is 4.79 Å². The zero-order valence-electron chi connectivity index (χ0n) is 12.5. The Kier molecular flexibility index (Phi) is 4.23. The van der Waals surface area contributed by atoms with Gasteiger partial charge in [0.25, 0.3) is 0 Å². The van der Waals surface area contributed by atoms with Crippen LogP contribution in [-0.4, -0.2) is 29.4 Å². The largest absolute Gasteiger partial charge is 0.504 e. The van der Waals surface area contributed by atoms with Crippen molar-refractivity contribution in [1.82, 2.24) is 5.32 Å². The summed E-state index contributed by atoms with van der Waals surface area (Å²) in [4.78, 5) is 11.9. The van der Waals surface area contributed by atoms with E-state index in [-0.39, 0.29) is 17.5 Å². The summed E-state index contributed by atoms with van der Waals surface area (Å²) in [5.41, 5.74) is 2.66. The van der Waals surface area contributed by atoms with Crippen LogP contribution in [0.5, 0.6) is 17.2 Å². The third kappa shape index (κ3) is 3.66. The Bertz CT molecular complexity index is 731. The Morgan fingerprint density at radius 3 is 2.83 bits per heavy atom. The van der Waals surface area contributed by atoms with Gasteiger partial charge in [0.15, 0.2) is 11.5 Å². The lowest BCUT2D eigenvalue weighted by atomic mass is 10.1. The smallest absolute Gasteiger partial charge is 0.319 e. The van der Waals surface area contributed by atoms with E-state index >= 15 is 0 Å². The lowest BCUT2D eigenvalue weighted by Gasteiger charge is -2.09. The fourth-order valence-electron chi connectivity index (χ4n) is 2.48. The number of ether oxygens (including phenoxy) is 1. The number of carbonyl (C=O) groups is 1. The Morgan fingerprint density at radius 2 is 2.00 bits per heavy atom. The second kappa shape index (κ2) is 6.48. The van der Waals surface area contributed by atoms with Crippen molar-refractivity contribution in [2.24, 2.45) is 0 Å². The van der Waals surface area contributed by atoms with Crippen LogP contribution in [0.3, 0.4) is 0 Å². The van der Waals surface area contributed by atoms with Gasteiger partial charge in [-0.3, -0.25) is 0 Å². The predicted octanol–water partition coefficient (Wildman–Crippen LogP) is 2.40. The van der Waals surface area contributed by atoms with Crippen molar-refractivity contribution in [2.45, 2.75) is 12.8 Å². The second-order valence-electron chi connectivity index (χ2n) is 5.37. The third-order valence-corrected chi connectivity index (χ3v) is 3.69. The maximum atomic E-state index is 11.9. The lowest BCUT2D eigenvalue weighted by Crippen LogP contribution is -2.30. The number of fused-ring (bicyclic) bond motifs is 1. The number of anilines is 1. The number of hydrogen-bond donors (Lipinski definition) is 4. The first kappa shape index (κ1) is 15.0. The molecule has 6 heteroatoms. The topological polar surface area (TPSA) is 90.8 Å². The van der Waals surface area contributed by atoms with E-state index in [9.17, 15) is 15.0 Å². The lowest BCUT2D eigenvalue weighted by molar-refractivity contribution is 0.252. The van der Waals surface area contributed by atoms with Gasteiger partial charge in [0.05, 0.1) is 6.61 Å². The first-order valence-electron chi connectivity index (χ1n) is 7.43. The summed E-state index contributed by atoms with van der Waals surface area (Å²) >= 11 is 0. The van der Waals surface area contributed by atoms with Crippen LogP contribution in [0.1, 0.15) is 11.1 Å². The molecule has 0 saturated carbocycles. The highest BCUT2D eigenvalue weighted by atomic mass is 16.5. The number of phenolic OH excluding ortho intramolecular Hbond substituents is 2. The summed E-state index contributed by atoms with van der Waals surface area (Å²) in [6, 6.07) is 9.91. The van der Waals surface area contributed by atoms with Crippen LogP contribution in [-0.2, 0) is 12.8 Å². The van der Waals surface area contributed by atoms with E-state index in [2.05, 4.69) is 10.6 Å². The highest BCUT2D eigenvalue weighted by molar-refractivity contribution is 5.89. The molecule has 0 aromatic heterocycles. The molecule has 0 atom stereocenters. The van der Waals surface area contributed by atoms with Crippen molar-refractivity contribution in [1.29, 1.82) is 0 Å². The summed E-state index contributed by atoms with van der Waals surface area (Å²) in [6.45, 7) is 1.11. The zero-order valence-corrected chi connectivity index (χ0v) is 12.5. The van der Waals surface area contributed by atoms with E-state index in [1.807, 2.05) is 18.2 Å². The van der Waals surface area contributed by atoms with Crippen LogP contribution in [0.4, 0.5) is 10.5 Å². The monoisotopic (exact) mass is 314 g/mol. The molecule has 2 aromatic rings. The van der Waals surface area contributed by atoms with Gasteiger partial charge in [-0.1, -0.05) is 6.07 Å². The summed E-state index contributed by atoms with van der Waals surface area (Å²) in [5.74, 6) is 0.565. The van der Waals surface area contributed by atoms with Crippen molar-refractivity contribution in [3.8, 4) is 17.2 Å². The second-order valence-corrected chi connectivity index (χ2v) is 5.37. The molecule has 23 heavy (non-hydrogen) atoms. The Balaban J connectivity index is 1.49. The SMILES string of the molecule is O=C(NCCc1ccc(O)c(O)c1)Nc1ccc2c(c1)CCO2. The molecular weight excluding hydrogens is 296 g/mol. The number of amides is 2. The number of benzene rings is 2. The van der Waals surface area contributed by atoms with Crippen molar-refractivity contribution in [3.05, 3.63) is 47.5 Å². The fraction of sp³-hybridized carbons (Fsp3) is 0.235. The molecular formula is C17H18N2O4. The van der Waals surface area contributed by atoms with Gasteiger partial charge in [-0.05, 0) is 47.9 Å². The molecule has 2 amide bonds. The van der Waals surface area contributed by atoms with Gasteiger partial charge in [0.2, 0.25) is 0 Å². The van der Waals surface area contributed by atoms with Crippen molar-refractivity contribution in [3.63, 3.8) is 0 Å². The molecule has 3 rings (SSSR count). The molecule has 0 radical (unpaired) electrons. The first-order chi connectivity index (χ1) is 11.1. The molecule has 0 spiro atoms. The molecule has 0 bridgehead atoms. The van der Waals surface area contributed by atoms with Crippen LogP contribution >= 0.6 is 0 Å². The molecule has 6 nitrogen and oxygen atoms in total. The van der Waals surface area contributed by atoms with E-state index in [0.29, 0.717) is 19.6 Å². The molecule has 2 aromatic carbocycles. The van der Waals surface area contributed by atoms with Gasteiger partial charge in [0, 0.05) is 18.7 Å². The van der Waals surface area contributed by atoms with Crippen LogP contribution in [0.15, 0.2) is 36.4 Å². The van der Waals surface area contributed by atoms with Gasteiger partial charge in [-0.2, -0.15) is 0 Å². The number of hydrogen-bond acceptors (Lipinski definition) is 4. The Labute approximate surface area is 133 Å². The average molecular weight is 314 g/mol. The summed E-state index contributed by atoms with van der Waals surface area (Å²) < 4.78 is 5.42. The molecule has 4 N–H and O–H groups in total. The predicted molar refractivity (Wildman–Crippen MR) is 86.1 cm³/mol. The van der Waals surface area contributed by atoms with E-state index in [0.717, 1.165) is 29.0 Å². The first-order valence-corrected chi connectivity index (χ1v) is 7.43. The molecule has 0 saturated heterocycles. The van der Waals surface area contributed by atoms with Gasteiger partial charge in [0.1, 0.15) is 5.75 Å². The van der Waals surface area contributed by atoms with Crippen LogP contribution in [0, 0.1) is 0 Å². The fourth-order valence-corrected chi connectivity index (χ4v) is 2.48. The van der Waals surface area contributed by atoms with E-state index in [1.54, 1.807) is 6.07 Å². The Morgan fingerprint density at radius 1 is 1.13 bits per heavy atom. The Hall–Kier alpha value is -2.89. The number of rotatable bonds is 4. The summed E-state index contributed by atoms with van der Waals surface area (Å²) in [6.07, 6.45) is 1.41. The minimum Gasteiger partial charge on any atom is -0.504 e. The maximum absolute atomic E-state index is 11.9. The minimum atomic E-state index is -0.285. The summed E-state index contributed by atoms with van der Waals surface area (Å²) in [7, 11) is 0. The molecule has 1 aliphatic heterocycles. The molecule has 120 valence electrons. The standard InChI is InChI=1S/C17H18N2O4/c20-14-3-1-11(9-15(14)21)5-7-18-17(22)19-13-2-4-16-12(10-13)6-8-23-16/h1-4,9-10,20-21H,5-8H2,(H2,18,19,22). The van der Waals surface area contributed by atoms with Gasteiger partial charge in [-0.15, -0.1) is 0 Å². The molecule has 1 heterocycles. The normalized spacial score (nSPS) is 12.3. The summed E-state index contributed by atoms with van der Waals surface area (Å²) in [5, 5.41) is 24.2. The highest BCUT2D eigenvalue weighted by Gasteiger charge is 2.12. The molecule has 0 unspecified atom stereocenters. The van der Waals surface area contributed by atoms with Gasteiger partial charge < -0.3 is 25.6 Å². The molecule has 1 aliphatic rings. The number of urea groups is 1. The van der Waals surface area contributed by atoms with Crippen LogP contribution in [0.2, 0.25) is 0 Å². The third-order valence-electron chi connectivity index (χ3n) is 3.69. The number of aromatic hydroxyl groups is 2.